The molecule has 2 N–H and O–H groups in total. The zero-order valence-corrected chi connectivity index (χ0v) is 12.5. The van der Waals surface area contributed by atoms with Gasteiger partial charge < -0.3 is 14.3 Å². The molecule has 0 fully saturated rings. The van der Waals surface area contributed by atoms with E-state index in [9.17, 15) is 4.79 Å². The van der Waals surface area contributed by atoms with Crippen LogP contribution in [0.1, 0.15) is 12.1 Å². The molecule has 7 nitrogen and oxygen atoms in total. The van der Waals surface area contributed by atoms with Gasteiger partial charge in [-0.25, -0.2) is 14.8 Å². The Bertz CT molecular complexity index is 738. The number of hydrogen-bond donors (Lipinski definition) is 2. The highest BCUT2D eigenvalue weighted by Gasteiger charge is 2.05. The molecule has 0 atom stereocenters. The lowest BCUT2D eigenvalue weighted by atomic mass is 10.2. The van der Waals surface area contributed by atoms with Crippen LogP contribution >= 0.6 is 0 Å². The van der Waals surface area contributed by atoms with E-state index in [4.69, 9.17) is 4.42 Å². The second-order valence-electron chi connectivity index (χ2n) is 5.01. The van der Waals surface area contributed by atoms with Gasteiger partial charge in [0.1, 0.15) is 12.1 Å². The Morgan fingerprint density at radius 3 is 3.00 bits per heavy atom. The molecule has 3 aromatic heterocycles. The third-order valence-electron chi connectivity index (χ3n) is 3.24. The lowest BCUT2D eigenvalue weighted by Gasteiger charge is -2.07. The summed E-state index contributed by atoms with van der Waals surface area (Å²) in [5.74, 6) is 0.520. The maximum Gasteiger partial charge on any atom is 0.324 e. The summed E-state index contributed by atoms with van der Waals surface area (Å²) in [5.41, 5.74) is 1.53. The minimum atomic E-state index is -0.352. The van der Waals surface area contributed by atoms with Crippen molar-refractivity contribution in [1.82, 2.24) is 14.5 Å². The molecule has 3 heterocycles. The van der Waals surface area contributed by atoms with Crippen LogP contribution in [0.15, 0.2) is 59.9 Å². The number of hydrogen-bond acceptors (Lipinski definition) is 4. The number of amides is 2. The van der Waals surface area contributed by atoms with Crippen molar-refractivity contribution < 1.29 is 9.21 Å². The zero-order valence-electron chi connectivity index (χ0n) is 12.5. The fourth-order valence-electron chi connectivity index (χ4n) is 2.16. The molecule has 0 saturated heterocycles. The monoisotopic (exact) mass is 311 g/mol. The van der Waals surface area contributed by atoms with Gasteiger partial charge in [-0.2, -0.15) is 0 Å². The molecule has 118 valence electrons. The summed E-state index contributed by atoms with van der Waals surface area (Å²) < 4.78 is 6.92. The van der Waals surface area contributed by atoms with Crippen molar-refractivity contribution in [2.75, 3.05) is 10.6 Å². The SMILES string of the molecule is O=C(Nc1ccoc1)Nc1cccc(CCCn2ccnc2)n1. The minimum Gasteiger partial charge on any atom is -0.470 e. The van der Waals surface area contributed by atoms with Crippen LogP contribution in [0.4, 0.5) is 16.3 Å². The van der Waals surface area contributed by atoms with Gasteiger partial charge in [0.15, 0.2) is 0 Å². The molecule has 3 aromatic rings. The largest absolute Gasteiger partial charge is 0.470 e. The van der Waals surface area contributed by atoms with E-state index in [-0.39, 0.29) is 6.03 Å². The second-order valence-corrected chi connectivity index (χ2v) is 5.01. The normalized spacial score (nSPS) is 10.4. The average molecular weight is 311 g/mol. The standard InChI is InChI=1S/C16H17N5O2/c22-16(19-14-6-10-23-11-14)20-15-5-1-3-13(18-15)4-2-8-21-9-7-17-12-21/h1,3,5-7,9-12H,2,4,8H2,(H2,18,19,20,22). The average Bonchev–Trinajstić information content (AvgIpc) is 3.21. The number of anilines is 2. The van der Waals surface area contributed by atoms with Crippen LogP contribution in [0, 0.1) is 0 Å². The quantitative estimate of drug-likeness (QED) is 0.732. The molecular formula is C16H17N5O2. The predicted molar refractivity (Wildman–Crippen MR) is 86.1 cm³/mol. The number of carbonyl (C=O) groups is 1. The number of aromatic nitrogens is 3. The molecule has 3 rings (SSSR count). The third-order valence-corrected chi connectivity index (χ3v) is 3.24. The van der Waals surface area contributed by atoms with Crippen molar-refractivity contribution >= 4 is 17.5 Å². The molecule has 7 heteroatoms. The first-order chi connectivity index (χ1) is 11.3. The van der Waals surface area contributed by atoms with E-state index < -0.39 is 0 Å². The molecule has 0 saturated carbocycles. The molecule has 23 heavy (non-hydrogen) atoms. The van der Waals surface area contributed by atoms with Gasteiger partial charge in [0.2, 0.25) is 0 Å². The van der Waals surface area contributed by atoms with E-state index in [1.807, 2.05) is 22.9 Å². The van der Waals surface area contributed by atoms with Crippen molar-refractivity contribution in [3.8, 4) is 0 Å². The van der Waals surface area contributed by atoms with Crippen LogP contribution < -0.4 is 10.6 Å². The van der Waals surface area contributed by atoms with Gasteiger partial charge in [-0.15, -0.1) is 0 Å². The van der Waals surface area contributed by atoms with E-state index in [0.29, 0.717) is 11.5 Å². The van der Waals surface area contributed by atoms with Gasteiger partial charge in [-0.3, -0.25) is 5.32 Å². The molecule has 0 aliphatic carbocycles. The number of urea groups is 1. The van der Waals surface area contributed by atoms with Crippen LogP contribution in [-0.2, 0) is 13.0 Å². The van der Waals surface area contributed by atoms with Gasteiger partial charge in [0.05, 0.1) is 18.3 Å². The van der Waals surface area contributed by atoms with E-state index in [2.05, 4.69) is 20.6 Å². The number of carbonyl (C=O) groups excluding carboxylic acids is 1. The summed E-state index contributed by atoms with van der Waals surface area (Å²) in [6.07, 6.45) is 10.2. The van der Waals surface area contributed by atoms with Crippen LogP contribution in [0.25, 0.3) is 0 Å². The van der Waals surface area contributed by atoms with Crippen molar-refractivity contribution in [1.29, 1.82) is 0 Å². The Labute approximate surface area is 133 Å². The first kappa shape index (κ1) is 14.8. The molecule has 0 aliphatic rings. The summed E-state index contributed by atoms with van der Waals surface area (Å²) >= 11 is 0. The number of nitrogens with one attached hydrogen (secondary N) is 2. The van der Waals surface area contributed by atoms with E-state index >= 15 is 0 Å². The van der Waals surface area contributed by atoms with Crippen molar-refractivity contribution in [3.63, 3.8) is 0 Å². The summed E-state index contributed by atoms with van der Waals surface area (Å²) in [7, 11) is 0. The Kier molecular flexibility index (Phi) is 4.68. The fraction of sp³-hybridized carbons (Fsp3) is 0.188. The Morgan fingerprint density at radius 2 is 2.22 bits per heavy atom. The first-order valence-electron chi connectivity index (χ1n) is 7.31. The lowest BCUT2D eigenvalue weighted by molar-refractivity contribution is 0.262. The summed E-state index contributed by atoms with van der Waals surface area (Å²) in [6, 6.07) is 6.91. The number of nitrogens with zero attached hydrogens (tertiary/aromatic N) is 3. The lowest BCUT2D eigenvalue weighted by Crippen LogP contribution is -2.20. The number of aryl methyl sites for hydroxylation is 2. The highest BCUT2D eigenvalue weighted by atomic mass is 16.3. The van der Waals surface area contributed by atoms with E-state index in [1.54, 1.807) is 24.7 Å². The van der Waals surface area contributed by atoms with Gasteiger partial charge in [0.25, 0.3) is 0 Å². The number of rotatable bonds is 6. The smallest absolute Gasteiger partial charge is 0.324 e. The molecule has 0 unspecified atom stereocenters. The molecule has 0 bridgehead atoms. The minimum absolute atomic E-state index is 0.352. The molecule has 0 aromatic carbocycles. The molecule has 2 amide bonds. The number of imidazole rings is 1. The van der Waals surface area contributed by atoms with Crippen molar-refractivity contribution in [3.05, 3.63) is 61.2 Å². The van der Waals surface area contributed by atoms with Gasteiger partial charge >= 0.3 is 6.03 Å². The first-order valence-corrected chi connectivity index (χ1v) is 7.31. The molecular weight excluding hydrogens is 294 g/mol. The number of furan rings is 1. The van der Waals surface area contributed by atoms with Crippen LogP contribution in [0.3, 0.4) is 0 Å². The second kappa shape index (κ2) is 7.26. The number of pyridine rings is 1. The topological polar surface area (TPSA) is 85.0 Å². The van der Waals surface area contributed by atoms with E-state index in [1.165, 1.54) is 12.5 Å². The van der Waals surface area contributed by atoms with Crippen LogP contribution in [-0.4, -0.2) is 20.6 Å². The maximum atomic E-state index is 11.8. The molecule has 0 aliphatic heterocycles. The zero-order chi connectivity index (χ0) is 15.9. The summed E-state index contributed by atoms with van der Waals surface area (Å²) in [5, 5.41) is 5.36. The summed E-state index contributed by atoms with van der Waals surface area (Å²) in [4.78, 5) is 20.3. The van der Waals surface area contributed by atoms with Gasteiger partial charge in [-0.1, -0.05) is 6.07 Å². The van der Waals surface area contributed by atoms with Gasteiger partial charge in [0, 0.05) is 30.7 Å². The Hall–Kier alpha value is -3.09. The summed E-state index contributed by atoms with van der Waals surface area (Å²) in [6.45, 7) is 0.889. The Morgan fingerprint density at radius 1 is 1.26 bits per heavy atom. The van der Waals surface area contributed by atoms with E-state index in [0.717, 1.165) is 25.1 Å². The van der Waals surface area contributed by atoms with Crippen molar-refractivity contribution in [2.24, 2.45) is 0 Å². The Balaban J connectivity index is 1.51. The highest BCUT2D eigenvalue weighted by Crippen LogP contribution is 2.10. The van der Waals surface area contributed by atoms with Crippen molar-refractivity contribution in [2.45, 2.75) is 19.4 Å². The predicted octanol–water partition coefficient (Wildman–Crippen LogP) is 3.15. The fourth-order valence-corrected chi connectivity index (χ4v) is 2.16. The van der Waals surface area contributed by atoms with Crippen LogP contribution in [0.5, 0.6) is 0 Å². The van der Waals surface area contributed by atoms with Crippen LogP contribution in [0.2, 0.25) is 0 Å². The molecule has 0 radical (unpaired) electrons. The van der Waals surface area contributed by atoms with Gasteiger partial charge in [-0.05, 0) is 25.0 Å². The third kappa shape index (κ3) is 4.44. The molecule has 0 spiro atoms. The highest BCUT2D eigenvalue weighted by molar-refractivity contribution is 5.98. The maximum absolute atomic E-state index is 11.8.